The Labute approximate surface area is 125 Å². The minimum absolute atomic E-state index is 0.140. The van der Waals surface area contributed by atoms with Crippen LogP contribution in [0.5, 0.6) is 0 Å². The zero-order valence-corrected chi connectivity index (χ0v) is 12.8. The maximum absolute atomic E-state index is 11.6. The van der Waals surface area contributed by atoms with Crippen LogP contribution in [-0.4, -0.2) is 24.1 Å². The van der Waals surface area contributed by atoms with Gasteiger partial charge < -0.3 is 4.74 Å². The van der Waals surface area contributed by atoms with Crippen molar-refractivity contribution in [3.05, 3.63) is 33.4 Å². The number of esters is 1. The number of rotatable bonds is 7. The largest absolute Gasteiger partial charge is 0.460 e. The molecule has 0 amide bonds. The first kappa shape index (κ1) is 15.8. The average Bonchev–Trinajstić information content (AvgIpc) is 2.38. The molecule has 1 rings (SSSR count). The van der Waals surface area contributed by atoms with Crippen LogP contribution in [0.4, 0.5) is 0 Å². The normalized spacial score (nSPS) is 10.0. The van der Waals surface area contributed by atoms with Crippen LogP contribution in [0.25, 0.3) is 0 Å². The molecule has 0 atom stereocenters. The highest BCUT2D eigenvalue weighted by Crippen LogP contribution is 2.13. The fraction of sp³-hybridized carbons (Fsp3) is 0.357. The highest BCUT2D eigenvalue weighted by Gasteiger charge is 2.18. The van der Waals surface area contributed by atoms with E-state index in [4.69, 9.17) is 0 Å². The molecule has 0 unspecified atom stereocenters. The molecule has 0 spiro atoms. The number of benzene rings is 1. The van der Waals surface area contributed by atoms with E-state index in [9.17, 15) is 14.4 Å². The second-order valence-corrected chi connectivity index (χ2v) is 5.11. The summed E-state index contributed by atoms with van der Waals surface area (Å²) in [6, 6.07) is 7.75. The standard InChI is InChI=1S/C14H15IO4/c1-2-19-14(18)13(17)9-11(16)8-7-10-5-3-4-6-12(10)15/h3-6H,2,7-9H2,1H3. The SMILES string of the molecule is CCOC(=O)C(=O)CC(=O)CCc1ccccc1I. The van der Waals surface area contributed by atoms with E-state index in [1.54, 1.807) is 6.92 Å². The maximum atomic E-state index is 11.6. The van der Waals surface area contributed by atoms with E-state index in [2.05, 4.69) is 27.3 Å². The molecule has 0 bridgehead atoms. The lowest BCUT2D eigenvalue weighted by atomic mass is 10.0. The minimum atomic E-state index is -0.926. The van der Waals surface area contributed by atoms with Gasteiger partial charge in [0.2, 0.25) is 5.78 Å². The predicted octanol–water partition coefficient (Wildman–Crippen LogP) is 2.32. The smallest absolute Gasteiger partial charge is 0.375 e. The molecule has 0 heterocycles. The van der Waals surface area contributed by atoms with Crippen molar-refractivity contribution in [3.8, 4) is 0 Å². The first-order valence-corrected chi connectivity index (χ1v) is 7.07. The highest BCUT2D eigenvalue weighted by molar-refractivity contribution is 14.1. The summed E-state index contributed by atoms with van der Waals surface area (Å²) in [7, 11) is 0. The van der Waals surface area contributed by atoms with Crippen molar-refractivity contribution < 1.29 is 19.1 Å². The quantitative estimate of drug-likeness (QED) is 0.318. The van der Waals surface area contributed by atoms with E-state index < -0.39 is 11.8 Å². The zero-order valence-electron chi connectivity index (χ0n) is 10.6. The van der Waals surface area contributed by atoms with Gasteiger partial charge in [-0.15, -0.1) is 0 Å². The van der Waals surface area contributed by atoms with Gasteiger partial charge in [-0.3, -0.25) is 9.59 Å². The van der Waals surface area contributed by atoms with Crippen LogP contribution in [0.1, 0.15) is 25.3 Å². The lowest BCUT2D eigenvalue weighted by molar-refractivity contribution is -0.154. The van der Waals surface area contributed by atoms with E-state index >= 15 is 0 Å². The van der Waals surface area contributed by atoms with Crippen molar-refractivity contribution in [2.45, 2.75) is 26.2 Å². The average molecular weight is 374 g/mol. The first-order chi connectivity index (χ1) is 9.04. The molecule has 0 aliphatic heterocycles. The van der Waals surface area contributed by atoms with Crippen LogP contribution < -0.4 is 0 Å². The Balaban J connectivity index is 2.42. The van der Waals surface area contributed by atoms with Gasteiger partial charge in [0.25, 0.3) is 0 Å². The Bertz CT molecular complexity index is 482. The van der Waals surface area contributed by atoms with Crippen molar-refractivity contribution in [3.63, 3.8) is 0 Å². The van der Waals surface area contributed by atoms with Gasteiger partial charge in [0.1, 0.15) is 5.78 Å². The fourth-order valence-corrected chi connectivity index (χ4v) is 2.18. The van der Waals surface area contributed by atoms with E-state index in [1.807, 2.05) is 24.3 Å². The molecular weight excluding hydrogens is 359 g/mol. The van der Waals surface area contributed by atoms with Gasteiger partial charge in [0.05, 0.1) is 13.0 Å². The van der Waals surface area contributed by atoms with Crippen molar-refractivity contribution in [2.75, 3.05) is 6.61 Å². The second kappa shape index (κ2) is 8.04. The first-order valence-electron chi connectivity index (χ1n) is 5.99. The summed E-state index contributed by atoms with van der Waals surface area (Å²) in [5, 5.41) is 0. The van der Waals surface area contributed by atoms with Crippen LogP contribution >= 0.6 is 22.6 Å². The third-order valence-corrected chi connectivity index (χ3v) is 3.54. The molecule has 0 radical (unpaired) electrons. The Morgan fingerprint density at radius 2 is 1.89 bits per heavy atom. The summed E-state index contributed by atoms with van der Waals surface area (Å²) in [4.78, 5) is 34.0. The number of Topliss-reactive ketones (excluding diaryl/α,β-unsaturated/α-hetero) is 2. The molecule has 0 aliphatic rings. The van der Waals surface area contributed by atoms with Crippen molar-refractivity contribution >= 4 is 40.1 Å². The number of aryl methyl sites for hydroxylation is 1. The van der Waals surface area contributed by atoms with Crippen LogP contribution in [-0.2, 0) is 25.5 Å². The van der Waals surface area contributed by atoms with Gasteiger partial charge in [-0.1, -0.05) is 18.2 Å². The summed E-state index contributed by atoms with van der Waals surface area (Å²) in [6.07, 6.45) is 0.460. The summed E-state index contributed by atoms with van der Waals surface area (Å²) in [5.41, 5.74) is 1.07. The van der Waals surface area contributed by atoms with Gasteiger partial charge in [-0.2, -0.15) is 0 Å². The third-order valence-electron chi connectivity index (χ3n) is 2.49. The topological polar surface area (TPSA) is 60.4 Å². The Kier molecular flexibility index (Phi) is 6.69. The van der Waals surface area contributed by atoms with Gasteiger partial charge in [0, 0.05) is 9.99 Å². The molecule has 0 aromatic heterocycles. The Morgan fingerprint density at radius 1 is 1.21 bits per heavy atom. The Morgan fingerprint density at radius 3 is 2.53 bits per heavy atom. The monoisotopic (exact) mass is 374 g/mol. The van der Waals surface area contributed by atoms with Crippen LogP contribution in [0, 0.1) is 3.57 Å². The minimum Gasteiger partial charge on any atom is -0.460 e. The summed E-state index contributed by atoms with van der Waals surface area (Å²) in [5.74, 6) is -1.93. The number of carbonyl (C=O) groups excluding carboxylic acids is 3. The Hall–Kier alpha value is -1.24. The molecule has 0 aliphatic carbocycles. The van der Waals surface area contributed by atoms with Gasteiger partial charge >= 0.3 is 5.97 Å². The van der Waals surface area contributed by atoms with Gasteiger partial charge in [-0.25, -0.2) is 4.79 Å². The molecule has 0 N–H and O–H groups in total. The molecule has 5 heteroatoms. The molecule has 0 fully saturated rings. The summed E-state index contributed by atoms with van der Waals surface area (Å²) < 4.78 is 5.63. The number of ketones is 2. The number of hydrogen-bond acceptors (Lipinski definition) is 4. The second-order valence-electron chi connectivity index (χ2n) is 3.95. The van der Waals surface area contributed by atoms with Crippen molar-refractivity contribution in [1.29, 1.82) is 0 Å². The van der Waals surface area contributed by atoms with E-state index in [1.165, 1.54) is 0 Å². The van der Waals surface area contributed by atoms with E-state index in [0.29, 0.717) is 6.42 Å². The molecule has 19 heavy (non-hydrogen) atoms. The van der Waals surface area contributed by atoms with Gasteiger partial charge in [-0.05, 0) is 47.6 Å². The van der Waals surface area contributed by atoms with E-state index in [-0.39, 0.29) is 25.2 Å². The predicted molar refractivity (Wildman–Crippen MR) is 78.7 cm³/mol. The molecule has 102 valence electrons. The number of hydrogen-bond donors (Lipinski definition) is 0. The van der Waals surface area contributed by atoms with Crippen LogP contribution in [0.3, 0.4) is 0 Å². The molecule has 1 aromatic rings. The van der Waals surface area contributed by atoms with Gasteiger partial charge in [0.15, 0.2) is 0 Å². The molecule has 0 saturated heterocycles. The van der Waals surface area contributed by atoms with Crippen molar-refractivity contribution in [1.82, 2.24) is 0 Å². The maximum Gasteiger partial charge on any atom is 0.375 e. The lowest BCUT2D eigenvalue weighted by Gasteiger charge is -2.03. The number of halogens is 1. The summed E-state index contributed by atoms with van der Waals surface area (Å²) in [6.45, 7) is 1.76. The summed E-state index contributed by atoms with van der Waals surface area (Å²) >= 11 is 2.20. The lowest BCUT2D eigenvalue weighted by Crippen LogP contribution is -2.20. The molecular formula is C14H15IO4. The molecule has 1 aromatic carbocycles. The van der Waals surface area contributed by atoms with Crippen molar-refractivity contribution in [2.24, 2.45) is 0 Å². The third kappa shape index (κ3) is 5.50. The molecule has 0 saturated carbocycles. The highest BCUT2D eigenvalue weighted by atomic mass is 127. The number of ether oxygens (including phenoxy) is 1. The van der Waals surface area contributed by atoms with Crippen LogP contribution in [0.2, 0.25) is 0 Å². The van der Waals surface area contributed by atoms with Crippen LogP contribution in [0.15, 0.2) is 24.3 Å². The number of carbonyl (C=O) groups is 3. The van der Waals surface area contributed by atoms with E-state index in [0.717, 1.165) is 9.13 Å². The zero-order chi connectivity index (χ0) is 14.3. The fourth-order valence-electron chi connectivity index (χ4n) is 1.53. The molecule has 4 nitrogen and oxygen atoms in total.